The van der Waals surface area contributed by atoms with Gasteiger partial charge in [0, 0.05) is 19.6 Å². The van der Waals surface area contributed by atoms with Crippen LogP contribution < -0.4 is 5.43 Å². The number of hydrazine groups is 1. The first-order chi connectivity index (χ1) is 15.4. The van der Waals surface area contributed by atoms with Gasteiger partial charge in [0.05, 0.1) is 30.1 Å². The lowest BCUT2D eigenvalue weighted by Crippen LogP contribution is -2.53. The number of sulfonamides is 1. The van der Waals surface area contributed by atoms with Crippen molar-refractivity contribution in [3.8, 4) is 6.07 Å². The Morgan fingerprint density at radius 3 is 2.59 bits per heavy atom. The Labute approximate surface area is 191 Å². The zero-order valence-corrected chi connectivity index (χ0v) is 19.6. The average molecular weight is 463 g/mol. The smallest absolute Gasteiger partial charge is 0.332 e. The summed E-state index contributed by atoms with van der Waals surface area (Å²) in [5.74, 6) is 0.248. The fourth-order valence-electron chi connectivity index (χ4n) is 4.47. The molecule has 1 aromatic carbocycles. The Balaban J connectivity index is 1.42. The number of carbonyl (C=O) groups is 1. The summed E-state index contributed by atoms with van der Waals surface area (Å²) in [5, 5.41) is 9.09. The van der Waals surface area contributed by atoms with Crippen LogP contribution >= 0.6 is 0 Å². The van der Waals surface area contributed by atoms with Crippen molar-refractivity contribution in [3.05, 3.63) is 35.4 Å². The van der Waals surface area contributed by atoms with Crippen molar-refractivity contribution < 1.29 is 17.9 Å². The van der Waals surface area contributed by atoms with E-state index in [4.69, 9.17) is 10.00 Å². The van der Waals surface area contributed by atoms with Gasteiger partial charge < -0.3 is 9.64 Å². The molecule has 0 spiro atoms. The van der Waals surface area contributed by atoms with E-state index in [1.54, 1.807) is 11.8 Å². The van der Waals surface area contributed by atoms with Crippen LogP contribution in [0.2, 0.25) is 0 Å². The minimum absolute atomic E-state index is 0.0404. The highest BCUT2D eigenvalue weighted by atomic mass is 32.2. The largest absolute Gasteiger partial charge is 0.377 e. The van der Waals surface area contributed by atoms with Gasteiger partial charge in [-0.1, -0.05) is 12.1 Å². The molecule has 1 N–H and O–H groups in total. The van der Waals surface area contributed by atoms with E-state index in [1.165, 1.54) is 5.56 Å². The Hall–Kier alpha value is -2.15. The van der Waals surface area contributed by atoms with E-state index in [1.807, 2.05) is 18.2 Å². The molecule has 2 amide bonds. The third kappa shape index (κ3) is 6.67. The number of likely N-dealkylation sites (tertiary alicyclic amines) is 1. The molecule has 8 nitrogen and oxygen atoms in total. The van der Waals surface area contributed by atoms with Gasteiger partial charge in [0.1, 0.15) is 0 Å². The van der Waals surface area contributed by atoms with Gasteiger partial charge in [0.15, 0.2) is 0 Å². The highest BCUT2D eigenvalue weighted by molar-refractivity contribution is 7.89. The zero-order chi connectivity index (χ0) is 23.0. The van der Waals surface area contributed by atoms with E-state index in [0.717, 1.165) is 49.4 Å². The summed E-state index contributed by atoms with van der Waals surface area (Å²) in [6, 6.07) is 9.59. The van der Waals surface area contributed by atoms with Crippen LogP contribution in [-0.2, 0) is 14.8 Å². The molecular weight excluding hydrogens is 428 g/mol. The van der Waals surface area contributed by atoms with Gasteiger partial charge >= 0.3 is 6.03 Å². The van der Waals surface area contributed by atoms with Crippen molar-refractivity contribution in [2.45, 2.75) is 63.9 Å². The average Bonchev–Trinajstić information content (AvgIpc) is 2.83. The van der Waals surface area contributed by atoms with E-state index in [0.29, 0.717) is 24.6 Å². The quantitative estimate of drug-likeness (QED) is 0.597. The number of benzene rings is 1. The third-order valence-electron chi connectivity index (χ3n) is 6.34. The van der Waals surface area contributed by atoms with E-state index in [2.05, 4.69) is 17.6 Å². The fraction of sp³-hybridized carbons (Fsp3) is 0.652. The molecule has 1 heterocycles. The molecule has 0 bridgehead atoms. The number of urea groups is 1. The predicted octanol–water partition coefficient (Wildman–Crippen LogP) is 3.36. The molecule has 1 aliphatic carbocycles. The number of nitrogens with zero attached hydrogens (tertiary/aromatic N) is 3. The summed E-state index contributed by atoms with van der Waals surface area (Å²) in [7, 11) is -3.65. The molecule has 0 unspecified atom stereocenters. The summed E-state index contributed by atoms with van der Waals surface area (Å²) in [5.41, 5.74) is 4.42. The molecule has 1 aromatic rings. The van der Waals surface area contributed by atoms with Crippen LogP contribution in [0, 0.1) is 11.3 Å². The van der Waals surface area contributed by atoms with Gasteiger partial charge in [-0.25, -0.2) is 13.2 Å². The third-order valence-corrected chi connectivity index (χ3v) is 8.05. The van der Waals surface area contributed by atoms with E-state index < -0.39 is 10.0 Å². The number of amides is 2. The zero-order valence-electron chi connectivity index (χ0n) is 18.8. The Bertz CT molecular complexity index is 901. The highest BCUT2D eigenvalue weighted by Gasteiger charge is 2.27. The molecule has 9 heteroatoms. The molecule has 1 saturated heterocycles. The van der Waals surface area contributed by atoms with Crippen LogP contribution in [0.1, 0.15) is 68.9 Å². The molecule has 2 fully saturated rings. The molecule has 1 saturated carbocycles. The summed E-state index contributed by atoms with van der Waals surface area (Å²) >= 11 is 0. The van der Waals surface area contributed by atoms with Crippen LogP contribution in [0.3, 0.4) is 0 Å². The predicted molar refractivity (Wildman–Crippen MR) is 122 cm³/mol. The Kier molecular flexibility index (Phi) is 8.91. The van der Waals surface area contributed by atoms with Crippen LogP contribution in [-0.4, -0.2) is 61.9 Å². The molecule has 0 aromatic heterocycles. The minimum Gasteiger partial charge on any atom is -0.377 e. The van der Waals surface area contributed by atoms with E-state index in [9.17, 15) is 13.2 Å². The minimum atomic E-state index is -3.65. The lowest BCUT2D eigenvalue weighted by Gasteiger charge is -2.30. The number of carbonyl (C=O) groups excluding carboxylic acids is 1. The van der Waals surface area contributed by atoms with Crippen LogP contribution in [0.15, 0.2) is 24.3 Å². The SMILES string of the molecule is CCN(NC(=O)N1CCCCC1)S(=O)(=O)CCOC1CCC(c2cccc(C#N)c2)CC1. The van der Waals surface area contributed by atoms with Gasteiger partial charge in [-0.2, -0.15) is 5.26 Å². The lowest BCUT2D eigenvalue weighted by atomic mass is 9.82. The van der Waals surface area contributed by atoms with Crippen LogP contribution in [0.25, 0.3) is 0 Å². The van der Waals surface area contributed by atoms with Crippen molar-refractivity contribution in [1.29, 1.82) is 5.26 Å². The van der Waals surface area contributed by atoms with Gasteiger partial charge in [0.2, 0.25) is 10.0 Å². The number of hydrogen-bond acceptors (Lipinski definition) is 5. The topological polar surface area (TPSA) is 103 Å². The Morgan fingerprint density at radius 1 is 1.22 bits per heavy atom. The summed E-state index contributed by atoms with van der Waals surface area (Å²) < 4.78 is 32.3. The van der Waals surface area contributed by atoms with Gasteiger partial charge in [0.25, 0.3) is 0 Å². The molecule has 0 atom stereocenters. The normalized spacial score (nSPS) is 21.8. The van der Waals surface area contributed by atoms with Crippen molar-refractivity contribution in [3.63, 3.8) is 0 Å². The number of piperidine rings is 1. The number of nitrogens with one attached hydrogen (secondary N) is 1. The lowest BCUT2D eigenvalue weighted by molar-refractivity contribution is 0.0334. The summed E-state index contributed by atoms with van der Waals surface area (Å²) in [4.78, 5) is 14.1. The molecule has 176 valence electrons. The maximum atomic E-state index is 12.7. The maximum Gasteiger partial charge on any atom is 0.332 e. The molecular formula is C23H34N4O4S. The van der Waals surface area contributed by atoms with Crippen LogP contribution in [0.4, 0.5) is 4.79 Å². The maximum absolute atomic E-state index is 12.7. The monoisotopic (exact) mass is 462 g/mol. The Morgan fingerprint density at radius 2 is 1.94 bits per heavy atom. The first-order valence-electron chi connectivity index (χ1n) is 11.6. The number of nitriles is 1. The van der Waals surface area contributed by atoms with Crippen LogP contribution in [0.5, 0.6) is 0 Å². The fourth-order valence-corrected chi connectivity index (χ4v) is 5.61. The molecule has 32 heavy (non-hydrogen) atoms. The van der Waals surface area contributed by atoms with Crippen molar-refractivity contribution in [2.75, 3.05) is 32.0 Å². The second kappa shape index (κ2) is 11.6. The van der Waals surface area contributed by atoms with Crippen molar-refractivity contribution in [2.24, 2.45) is 0 Å². The highest BCUT2D eigenvalue weighted by Crippen LogP contribution is 2.34. The van der Waals surface area contributed by atoms with Gasteiger partial charge in [-0.3, -0.25) is 5.43 Å². The molecule has 0 radical (unpaired) electrons. The van der Waals surface area contributed by atoms with Gasteiger partial charge in [-0.15, -0.1) is 4.41 Å². The van der Waals surface area contributed by atoms with Crippen molar-refractivity contribution >= 4 is 16.1 Å². The standard InChI is InChI=1S/C23H34N4O4S/c1-2-27(25-23(28)26-13-4-3-5-14-26)32(29,30)16-15-31-22-11-9-20(10-12-22)21-8-6-7-19(17-21)18-24/h6-8,17,20,22H,2-5,9-16H2,1H3,(H,25,28). The summed E-state index contributed by atoms with van der Waals surface area (Å²) in [6.07, 6.45) is 6.69. The second-order valence-electron chi connectivity index (χ2n) is 8.53. The first kappa shape index (κ1) is 24.5. The first-order valence-corrected chi connectivity index (χ1v) is 13.2. The number of rotatable bonds is 8. The second-order valence-corrected chi connectivity index (χ2v) is 10.5. The summed E-state index contributed by atoms with van der Waals surface area (Å²) in [6.45, 7) is 3.32. The molecule has 1 aliphatic heterocycles. The number of hydrogen-bond donors (Lipinski definition) is 1. The van der Waals surface area contributed by atoms with Crippen molar-refractivity contribution in [1.82, 2.24) is 14.7 Å². The van der Waals surface area contributed by atoms with Gasteiger partial charge in [-0.05, 0) is 75.5 Å². The number of ether oxygens (including phenoxy) is 1. The molecule has 2 aliphatic rings. The van der Waals surface area contributed by atoms with E-state index in [-0.39, 0.29) is 31.0 Å². The van der Waals surface area contributed by atoms with E-state index >= 15 is 0 Å². The molecule has 3 rings (SSSR count).